The Balaban J connectivity index is 2.20. The zero-order valence-electron chi connectivity index (χ0n) is 14.2. The number of thiazole rings is 1. The second-order valence-electron chi connectivity index (χ2n) is 6.37. The number of hydrogen-bond donors (Lipinski definition) is 1. The molecule has 1 saturated heterocycles. The van der Waals surface area contributed by atoms with Crippen LogP contribution in [0.25, 0.3) is 0 Å². The van der Waals surface area contributed by atoms with E-state index in [0.29, 0.717) is 5.92 Å². The van der Waals surface area contributed by atoms with E-state index in [-0.39, 0.29) is 18.2 Å². The Hall–Kier alpha value is -1.14. The smallest absolute Gasteiger partial charge is 0.343 e. The summed E-state index contributed by atoms with van der Waals surface area (Å²) >= 11 is 1.57. The summed E-state index contributed by atoms with van der Waals surface area (Å²) in [6.07, 6.45) is 2.44. The normalized spacial score (nSPS) is 20.6. The first-order chi connectivity index (χ1) is 10.4. The Morgan fingerprint density at radius 1 is 1.45 bits per heavy atom. The molecule has 1 aromatic heterocycles. The summed E-state index contributed by atoms with van der Waals surface area (Å²) in [4.78, 5) is 18.4. The number of rotatable bonds is 4. The third-order valence-corrected chi connectivity index (χ3v) is 5.44. The highest BCUT2D eigenvalue weighted by Gasteiger charge is 2.19. The van der Waals surface area contributed by atoms with Gasteiger partial charge in [0.05, 0.1) is 12.6 Å². The third-order valence-electron chi connectivity index (χ3n) is 4.35. The number of nitrogens with one attached hydrogen (secondary N) is 1. The molecular formula is C16H27N3O2S. The first kappa shape index (κ1) is 17.2. The van der Waals surface area contributed by atoms with Gasteiger partial charge in [-0.15, -0.1) is 11.3 Å². The molecule has 1 aromatic rings. The highest BCUT2D eigenvalue weighted by atomic mass is 32.1. The molecule has 2 rings (SSSR count). The van der Waals surface area contributed by atoms with Gasteiger partial charge in [0.2, 0.25) is 0 Å². The van der Waals surface area contributed by atoms with Crippen molar-refractivity contribution in [2.24, 2.45) is 10.9 Å². The Morgan fingerprint density at radius 3 is 2.77 bits per heavy atom. The van der Waals surface area contributed by atoms with E-state index in [4.69, 9.17) is 4.74 Å². The molecule has 0 spiro atoms. The van der Waals surface area contributed by atoms with Crippen molar-refractivity contribution in [3.05, 3.63) is 15.4 Å². The molecular weight excluding hydrogens is 298 g/mol. The van der Waals surface area contributed by atoms with E-state index in [1.54, 1.807) is 11.3 Å². The zero-order chi connectivity index (χ0) is 16.3. The van der Waals surface area contributed by atoms with Crippen LogP contribution in [0.15, 0.2) is 4.99 Å². The molecule has 0 aromatic carbocycles. The van der Waals surface area contributed by atoms with Crippen molar-refractivity contribution in [2.75, 3.05) is 6.61 Å². The molecule has 22 heavy (non-hydrogen) atoms. The summed E-state index contributed by atoms with van der Waals surface area (Å²) in [5, 5.41) is 2.93. The molecule has 2 amide bonds. The summed E-state index contributed by atoms with van der Waals surface area (Å²) < 4.78 is 7.84. The van der Waals surface area contributed by atoms with Gasteiger partial charge in [0.1, 0.15) is 0 Å². The van der Waals surface area contributed by atoms with Crippen LogP contribution in [0, 0.1) is 19.8 Å². The summed E-state index contributed by atoms with van der Waals surface area (Å²) in [6.45, 7) is 11.9. The van der Waals surface area contributed by atoms with E-state index < -0.39 is 0 Å². The van der Waals surface area contributed by atoms with Crippen LogP contribution in [-0.2, 0) is 11.3 Å². The molecule has 0 aliphatic carbocycles. The molecule has 0 radical (unpaired) electrons. The van der Waals surface area contributed by atoms with Crippen molar-refractivity contribution < 1.29 is 9.53 Å². The van der Waals surface area contributed by atoms with Gasteiger partial charge >= 0.3 is 6.03 Å². The van der Waals surface area contributed by atoms with Gasteiger partial charge < -0.3 is 14.6 Å². The molecule has 1 aliphatic heterocycles. The van der Waals surface area contributed by atoms with Gasteiger partial charge in [-0.2, -0.15) is 4.99 Å². The largest absolute Gasteiger partial charge is 0.376 e. The minimum absolute atomic E-state index is 0.116. The predicted molar refractivity (Wildman–Crippen MR) is 89.2 cm³/mol. The van der Waals surface area contributed by atoms with Crippen molar-refractivity contribution in [2.45, 2.75) is 66.2 Å². The average Bonchev–Trinajstić information content (AvgIpc) is 3.03. The Bertz CT molecular complexity index is 583. The van der Waals surface area contributed by atoms with Gasteiger partial charge in [-0.25, -0.2) is 4.79 Å². The van der Waals surface area contributed by atoms with Gasteiger partial charge in [0, 0.05) is 23.2 Å². The third kappa shape index (κ3) is 4.20. The number of aromatic nitrogens is 1. The lowest BCUT2D eigenvalue weighted by atomic mass is 10.1. The van der Waals surface area contributed by atoms with Crippen LogP contribution in [0.4, 0.5) is 4.79 Å². The number of ether oxygens (including phenoxy) is 1. The average molecular weight is 325 g/mol. The van der Waals surface area contributed by atoms with E-state index in [1.807, 2.05) is 6.92 Å². The molecule has 6 heteroatoms. The van der Waals surface area contributed by atoms with Crippen molar-refractivity contribution >= 4 is 17.4 Å². The Kier molecular flexibility index (Phi) is 5.81. The maximum Gasteiger partial charge on any atom is 0.343 e. The first-order valence-electron chi connectivity index (χ1n) is 8.02. The Labute approximate surface area is 136 Å². The van der Waals surface area contributed by atoms with Crippen molar-refractivity contribution in [3.8, 4) is 0 Å². The van der Waals surface area contributed by atoms with E-state index in [1.165, 1.54) is 10.6 Å². The molecule has 0 bridgehead atoms. The number of urea groups is 1. The van der Waals surface area contributed by atoms with Crippen LogP contribution in [0.2, 0.25) is 0 Å². The molecule has 2 heterocycles. The highest BCUT2D eigenvalue weighted by molar-refractivity contribution is 7.09. The number of amides is 2. The molecule has 1 N–H and O–H groups in total. The zero-order valence-corrected chi connectivity index (χ0v) is 15.0. The maximum atomic E-state index is 12.1. The van der Waals surface area contributed by atoms with Gasteiger partial charge in [-0.1, -0.05) is 13.8 Å². The van der Waals surface area contributed by atoms with Gasteiger partial charge in [0.15, 0.2) is 4.80 Å². The summed E-state index contributed by atoms with van der Waals surface area (Å²) in [6, 6.07) is -0.145. The molecule has 1 unspecified atom stereocenters. The van der Waals surface area contributed by atoms with Crippen molar-refractivity contribution in [3.63, 3.8) is 0 Å². The molecule has 0 saturated carbocycles. The minimum Gasteiger partial charge on any atom is -0.376 e. The lowest BCUT2D eigenvalue weighted by Crippen LogP contribution is -2.36. The first-order valence-corrected chi connectivity index (χ1v) is 8.83. The van der Waals surface area contributed by atoms with E-state index in [9.17, 15) is 4.79 Å². The number of hydrogen-bond acceptors (Lipinski definition) is 3. The predicted octanol–water partition coefficient (Wildman–Crippen LogP) is 3.00. The lowest BCUT2D eigenvalue weighted by molar-refractivity contribution is 0.0958. The fourth-order valence-corrected chi connectivity index (χ4v) is 3.35. The molecule has 1 aliphatic rings. The van der Waals surface area contributed by atoms with Crippen LogP contribution in [0.3, 0.4) is 0 Å². The Morgan fingerprint density at radius 2 is 2.18 bits per heavy atom. The molecule has 124 valence electrons. The fourth-order valence-electron chi connectivity index (χ4n) is 2.37. The summed E-state index contributed by atoms with van der Waals surface area (Å²) in [5.74, 6) is 0.393. The van der Waals surface area contributed by atoms with Crippen LogP contribution in [0.5, 0.6) is 0 Å². The highest BCUT2D eigenvalue weighted by Crippen LogP contribution is 2.17. The number of nitrogens with zero attached hydrogens (tertiary/aromatic N) is 2. The second kappa shape index (κ2) is 7.42. The van der Waals surface area contributed by atoms with E-state index >= 15 is 0 Å². The quantitative estimate of drug-likeness (QED) is 0.925. The van der Waals surface area contributed by atoms with Crippen LogP contribution < -0.4 is 10.1 Å². The van der Waals surface area contributed by atoms with Crippen molar-refractivity contribution in [1.82, 2.24) is 9.88 Å². The minimum atomic E-state index is -0.261. The van der Waals surface area contributed by atoms with Gasteiger partial charge in [-0.05, 0) is 39.5 Å². The van der Waals surface area contributed by atoms with Crippen LogP contribution >= 0.6 is 11.3 Å². The molecule has 5 nitrogen and oxygen atoms in total. The molecule has 2 atom stereocenters. The van der Waals surface area contributed by atoms with Crippen molar-refractivity contribution in [1.29, 1.82) is 0 Å². The maximum absolute atomic E-state index is 12.1. The topological polar surface area (TPSA) is 55.6 Å². The SMILES string of the molecule is Cc1sc(=NC(=O)N[C@@H](C)C(C)C)n(CC2CCCO2)c1C. The summed E-state index contributed by atoms with van der Waals surface area (Å²) in [7, 11) is 0. The number of carbonyl (C=O) groups is 1. The van der Waals surface area contributed by atoms with Crippen LogP contribution in [0.1, 0.15) is 44.2 Å². The molecule has 1 fully saturated rings. The standard InChI is InChI=1S/C16H27N3O2S/c1-10(2)11(3)17-15(20)18-16-19(12(4)13(5)22-16)9-14-7-6-8-21-14/h10-11,14H,6-9H2,1-5H3,(H,17,20)/t11-,14?/m0/s1. The van der Waals surface area contributed by atoms with Gasteiger partial charge in [0.25, 0.3) is 0 Å². The lowest BCUT2D eigenvalue weighted by Gasteiger charge is -2.15. The summed E-state index contributed by atoms with van der Waals surface area (Å²) in [5.41, 5.74) is 1.17. The number of aryl methyl sites for hydroxylation is 1. The van der Waals surface area contributed by atoms with E-state index in [2.05, 4.69) is 42.6 Å². The second-order valence-corrected chi connectivity index (χ2v) is 7.55. The monoisotopic (exact) mass is 325 g/mol. The van der Waals surface area contributed by atoms with Gasteiger partial charge in [-0.3, -0.25) is 0 Å². The van der Waals surface area contributed by atoms with Crippen LogP contribution in [-0.4, -0.2) is 29.4 Å². The fraction of sp³-hybridized carbons (Fsp3) is 0.750. The van der Waals surface area contributed by atoms with E-state index in [0.717, 1.165) is 30.8 Å². The number of carbonyl (C=O) groups excluding carboxylic acids is 1.